The lowest BCUT2D eigenvalue weighted by molar-refractivity contribution is 0.442. The van der Waals surface area contributed by atoms with Crippen LogP contribution >= 0.6 is 31.9 Å². The fraction of sp³-hybridized carbons (Fsp3) is 0.333. The van der Waals surface area contributed by atoms with Crippen LogP contribution in [-0.2, 0) is 0 Å². The maximum atomic E-state index is 12.0. The molecule has 1 aromatic rings. The van der Waals surface area contributed by atoms with E-state index in [0.717, 1.165) is 14.5 Å². The lowest BCUT2D eigenvalue weighted by Gasteiger charge is -2.10. The Hall–Kier alpha value is 0.0700. The van der Waals surface area contributed by atoms with E-state index < -0.39 is 0 Å². The number of benzene rings is 1. The molecule has 0 saturated carbocycles. The average molecular weight is 311 g/mol. The Bertz CT molecular complexity index is 271. The summed E-state index contributed by atoms with van der Waals surface area (Å²) in [4.78, 5) is 0. The lowest BCUT2D eigenvalue weighted by atomic mass is 10.1. The van der Waals surface area contributed by atoms with Crippen LogP contribution in [0.15, 0.2) is 27.1 Å². The third-order valence-electron chi connectivity index (χ3n) is 1.73. The van der Waals surface area contributed by atoms with Gasteiger partial charge in [0.25, 0.3) is 0 Å². The van der Waals surface area contributed by atoms with E-state index in [0.29, 0.717) is 6.42 Å². The van der Waals surface area contributed by atoms with Crippen molar-refractivity contribution in [3.05, 3.63) is 32.7 Å². The van der Waals surface area contributed by atoms with Gasteiger partial charge in [0, 0.05) is 15.0 Å². The van der Waals surface area contributed by atoms with Crippen LogP contribution in [0, 0.1) is 0 Å². The summed E-state index contributed by atoms with van der Waals surface area (Å²) < 4.78 is 13.9. The zero-order valence-corrected chi connectivity index (χ0v) is 10.1. The van der Waals surface area contributed by atoms with Crippen molar-refractivity contribution in [2.75, 3.05) is 6.67 Å². The second-order valence-electron chi connectivity index (χ2n) is 2.79. The number of alkyl halides is 1. The Labute approximate surface area is 93.8 Å². The molecule has 72 valence electrons. The van der Waals surface area contributed by atoms with Crippen LogP contribution < -0.4 is 5.73 Å². The SMILES string of the molecule is N[C@H](CCF)c1cc(Br)cc(Br)c1. The summed E-state index contributed by atoms with van der Waals surface area (Å²) in [7, 11) is 0. The molecule has 1 atom stereocenters. The van der Waals surface area contributed by atoms with Gasteiger partial charge < -0.3 is 5.73 Å². The smallest absolute Gasteiger partial charge is 0.0912 e. The molecule has 0 saturated heterocycles. The third kappa shape index (κ3) is 3.37. The molecule has 1 rings (SSSR count). The molecular formula is C9H10Br2FN. The number of rotatable bonds is 3. The first-order chi connectivity index (χ1) is 6.13. The molecule has 0 aromatic heterocycles. The van der Waals surface area contributed by atoms with E-state index in [1.165, 1.54) is 0 Å². The van der Waals surface area contributed by atoms with E-state index in [-0.39, 0.29) is 12.7 Å². The molecule has 2 N–H and O–H groups in total. The topological polar surface area (TPSA) is 26.0 Å². The molecule has 0 fully saturated rings. The molecule has 0 unspecified atom stereocenters. The molecular weight excluding hydrogens is 301 g/mol. The van der Waals surface area contributed by atoms with E-state index in [4.69, 9.17) is 5.73 Å². The zero-order chi connectivity index (χ0) is 9.84. The van der Waals surface area contributed by atoms with Gasteiger partial charge in [0.1, 0.15) is 0 Å². The Kier molecular flexibility index (Phi) is 4.35. The monoisotopic (exact) mass is 309 g/mol. The van der Waals surface area contributed by atoms with Crippen LogP contribution in [0.4, 0.5) is 4.39 Å². The van der Waals surface area contributed by atoms with Crippen molar-refractivity contribution < 1.29 is 4.39 Å². The maximum Gasteiger partial charge on any atom is 0.0912 e. The van der Waals surface area contributed by atoms with Crippen LogP contribution in [0.2, 0.25) is 0 Å². The highest BCUT2D eigenvalue weighted by molar-refractivity contribution is 9.11. The van der Waals surface area contributed by atoms with E-state index in [1.807, 2.05) is 18.2 Å². The minimum absolute atomic E-state index is 0.223. The minimum Gasteiger partial charge on any atom is -0.324 e. The zero-order valence-electron chi connectivity index (χ0n) is 6.93. The normalized spacial score (nSPS) is 12.9. The predicted molar refractivity (Wildman–Crippen MR) is 59.4 cm³/mol. The van der Waals surface area contributed by atoms with Gasteiger partial charge in [-0.15, -0.1) is 0 Å². The molecule has 13 heavy (non-hydrogen) atoms. The highest BCUT2D eigenvalue weighted by Gasteiger charge is 2.06. The summed E-state index contributed by atoms with van der Waals surface area (Å²) in [6, 6.07) is 5.51. The van der Waals surface area contributed by atoms with Crippen molar-refractivity contribution in [2.24, 2.45) is 5.73 Å². The largest absolute Gasteiger partial charge is 0.324 e. The van der Waals surface area contributed by atoms with Gasteiger partial charge >= 0.3 is 0 Å². The highest BCUT2D eigenvalue weighted by Crippen LogP contribution is 2.24. The highest BCUT2D eigenvalue weighted by atomic mass is 79.9. The first-order valence-corrected chi connectivity index (χ1v) is 5.49. The van der Waals surface area contributed by atoms with E-state index in [9.17, 15) is 4.39 Å². The van der Waals surface area contributed by atoms with Crippen LogP contribution in [0.1, 0.15) is 18.0 Å². The van der Waals surface area contributed by atoms with Crippen LogP contribution in [0.25, 0.3) is 0 Å². The fourth-order valence-corrected chi connectivity index (χ4v) is 2.40. The summed E-state index contributed by atoms with van der Waals surface area (Å²) >= 11 is 6.71. The summed E-state index contributed by atoms with van der Waals surface area (Å²) in [6.07, 6.45) is 0.364. The van der Waals surface area contributed by atoms with E-state index in [2.05, 4.69) is 31.9 Å². The maximum absolute atomic E-state index is 12.0. The average Bonchev–Trinajstić information content (AvgIpc) is 2.03. The van der Waals surface area contributed by atoms with Gasteiger partial charge in [0.05, 0.1) is 6.67 Å². The van der Waals surface area contributed by atoms with Gasteiger partial charge in [-0.25, -0.2) is 0 Å². The number of hydrogen-bond donors (Lipinski definition) is 1. The predicted octanol–water partition coefficient (Wildman–Crippen LogP) is 3.57. The molecule has 0 aliphatic rings. The number of nitrogens with two attached hydrogens (primary N) is 1. The summed E-state index contributed by atoms with van der Waals surface area (Å²) in [5, 5.41) is 0. The van der Waals surface area contributed by atoms with Crippen molar-refractivity contribution >= 4 is 31.9 Å². The molecule has 0 heterocycles. The van der Waals surface area contributed by atoms with Crippen molar-refractivity contribution in [1.29, 1.82) is 0 Å². The number of halogens is 3. The van der Waals surface area contributed by atoms with Crippen molar-refractivity contribution in [1.82, 2.24) is 0 Å². The third-order valence-corrected chi connectivity index (χ3v) is 2.65. The molecule has 0 aliphatic heterocycles. The lowest BCUT2D eigenvalue weighted by Crippen LogP contribution is -2.10. The summed E-state index contributed by atoms with van der Waals surface area (Å²) in [5.74, 6) is 0. The Morgan fingerprint density at radius 1 is 1.23 bits per heavy atom. The molecule has 4 heteroatoms. The first kappa shape index (κ1) is 11.1. The van der Waals surface area contributed by atoms with Gasteiger partial charge in [0.2, 0.25) is 0 Å². The van der Waals surface area contributed by atoms with Crippen molar-refractivity contribution in [2.45, 2.75) is 12.5 Å². The molecule has 0 bridgehead atoms. The molecule has 0 radical (unpaired) electrons. The Morgan fingerprint density at radius 2 is 1.77 bits per heavy atom. The van der Waals surface area contributed by atoms with E-state index in [1.54, 1.807) is 0 Å². The van der Waals surface area contributed by atoms with Crippen molar-refractivity contribution in [3.63, 3.8) is 0 Å². The second-order valence-corrected chi connectivity index (χ2v) is 4.62. The quantitative estimate of drug-likeness (QED) is 0.907. The molecule has 0 amide bonds. The Balaban J connectivity index is 2.87. The van der Waals surface area contributed by atoms with Crippen LogP contribution in [-0.4, -0.2) is 6.67 Å². The molecule has 0 spiro atoms. The van der Waals surface area contributed by atoms with Gasteiger partial charge in [-0.3, -0.25) is 4.39 Å². The van der Waals surface area contributed by atoms with Gasteiger partial charge in [-0.1, -0.05) is 31.9 Å². The summed E-state index contributed by atoms with van der Waals surface area (Å²) in [5.41, 5.74) is 6.71. The van der Waals surface area contributed by atoms with E-state index >= 15 is 0 Å². The van der Waals surface area contributed by atoms with Crippen molar-refractivity contribution in [3.8, 4) is 0 Å². The minimum atomic E-state index is -0.384. The Morgan fingerprint density at radius 3 is 2.23 bits per heavy atom. The first-order valence-electron chi connectivity index (χ1n) is 3.91. The number of hydrogen-bond acceptors (Lipinski definition) is 1. The van der Waals surface area contributed by atoms with Gasteiger partial charge in [-0.05, 0) is 30.2 Å². The molecule has 0 aliphatic carbocycles. The van der Waals surface area contributed by atoms with Gasteiger partial charge in [0.15, 0.2) is 0 Å². The van der Waals surface area contributed by atoms with Crippen LogP contribution in [0.3, 0.4) is 0 Å². The van der Waals surface area contributed by atoms with Crippen LogP contribution in [0.5, 0.6) is 0 Å². The fourth-order valence-electron chi connectivity index (χ4n) is 1.07. The molecule has 1 aromatic carbocycles. The summed E-state index contributed by atoms with van der Waals surface area (Å²) in [6.45, 7) is -0.384. The van der Waals surface area contributed by atoms with Gasteiger partial charge in [-0.2, -0.15) is 0 Å². The molecule has 1 nitrogen and oxygen atoms in total. The second kappa shape index (κ2) is 5.08. The standard InChI is InChI=1S/C9H10Br2FN/c10-7-3-6(4-8(11)5-7)9(13)1-2-12/h3-5,9H,1-2,13H2/t9-/m1/s1.